The second-order valence-corrected chi connectivity index (χ2v) is 2.40. The van der Waals surface area contributed by atoms with E-state index < -0.39 is 0 Å². The Morgan fingerprint density at radius 1 is 0.667 bits per heavy atom. The molecule has 0 fully saturated rings. The van der Waals surface area contributed by atoms with E-state index in [1.54, 1.807) is 12.2 Å². The first kappa shape index (κ1) is 16.5. The van der Waals surface area contributed by atoms with Gasteiger partial charge in [0.05, 0.1) is 0 Å². The fourth-order valence-corrected chi connectivity index (χ4v) is 0.642. The van der Waals surface area contributed by atoms with Gasteiger partial charge in [-0.2, -0.15) is 36.4 Å². The van der Waals surface area contributed by atoms with E-state index in [0.29, 0.717) is 0 Å². The summed E-state index contributed by atoms with van der Waals surface area (Å²) in [5.74, 6) is 0. The minimum Gasteiger partial charge on any atom is -0.382 e. The topological polar surface area (TPSA) is 0 Å². The van der Waals surface area contributed by atoms with Crippen molar-refractivity contribution in [3.8, 4) is 0 Å². The van der Waals surface area contributed by atoms with Crippen LogP contribution in [0.25, 0.3) is 0 Å². The largest absolute Gasteiger partial charge is 4.00 e. The standard InChI is InChI=1S/2C5H5.C4H6.Zr/c2*1-2-4-5-3-1;1-3-4-2;/h2*1-5H;3-4H,1-2H2;/q2*-1;-2;+4/b;;4-3-;. The maximum absolute atomic E-state index is 3.36. The molecule has 0 amide bonds. The summed E-state index contributed by atoms with van der Waals surface area (Å²) >= 11 is 0. The van der Waals surface area contributed by atoms with Crippen LogP contribution in [0.4, 0.5) is 0 Å². The molecule has 0 aromatic heterocycles. The molecule has 0 unspecified atom stereocenters. The summed E-state index contributed by atoms with van der Waals surface area (Å²) in [6.45, 7) is 6.72. The second-order valence-electron chi connectivity index (χ2n) is 2.40. The van der Waals surface area contributed by atoms with Gasteiger partial charge in [-0.3, -0.25) is 0 Å². The van der Waals surface area contributed by atoms with Crippen LogP contribution in [0.2, 0.25) is 0 Å². The van der Waals surface area contributed by atoms with Gasteiger partial charge < -0.3 is 26.0 Å². The Kier molecular flexibility index (Phi) is 17.1. The van der Waals surface area contributed by atoms with Crippen molar-refractivity contribution in [1.29, 1.82) is 0 Å². The maximum Gasteiger partial charge on any atom is 4.00 e. The van der Waals surface area contributed by atoms with E-state index in [-0.39, 0.29) is 26.2 Å². The molecule has 0 spiro atoms. The van der Waals surface area contributed by atoms with Crippen LogP contribution in [0, 0.1) is 13.8 Å². The van der Waals surface area contributed by atoms with Crippen molar-refractivity contribution >= 4 is 0 Å². The third-order valence-corrected chi connectivity index (χ3v) is 1.28. The molecule has 2 rings (SSSR count). The normalized spacial score (nSPS) is 7.73. The minimum absolute atomic E-state index is 0. The Labute approximate surface area is 112 Å². The van der Waals surface area contributed by atoms with Gasteiger partial charge in [-0.25, -0.2) is 24.3 Å². The third kappa shape index (κ3) is 15.8. The SMILES string of the molecule is [CH2-]/C=C\[CH2-].[Zr+4].c1cc[cH-]c1.c1cc[cH-]c1. The van der Waals surface area contributed by atoms with Gasteiger partial charge >= 0.3 is 26.2 Å². The molecule has 0 atom stereocenters. The Morgan fingerprint density at radius 2 is 0.933 bits per heavy atom. The fraction of sp³-hybridized carbons (Fsp3) is 0. The predicted molar refractivity (Wildman–Crippen MR) is 63.9 cm³/mol. The molecule has 2 aromatic rings. The van der Waals surface area contributed by atoms with Gasteiger partial charge in [0.25, 0.3) is 0 Å². The summed E-state index contributed by atoms with van der Waals surface area (Å²) in [4.78, 5) is 0. The summed E-state index contributed by atoms with van der Waals surface area (Å²) in [7, 11) is 0. The van der Waals surface area contributed by atoms with E-state index >= 15 is 0 Å². The van der Waals surface area contributed by atoms with Crippen LogP contribution >= 0.6 is 0 Å². The summed E-state index contributed by atoms with van der Waals surface area (Å²) in [6.07, 6.45) is 3.28. The van der Waals surface area contributed by atoms with E-state index in [0.717, 1.165) is 0 Å². The van der Waals surface area contributed by atoms with Gasteiger partial charge in [-0.15, -0.1) is 0 Å². The molecule has 0 heterocycles. The van der Waals surface area contributed by atoms with Crippen molar-refractivity contribution in [3.05, 3.63) is 86.7 Å². The van der Waals surface area contributed by atoms with Crippen LogP contribution in [-0.4, -0.2) is 0 Å². The average molecular weight is 276 g/mol. The molecule has 0 radical (unpaired) electrons. The third-order valence-electron chi connectivity index (χ3n) is 1.28. The van der Waals surface area contributed by atoms with Crippen molar-refractivity contribution < 1.29 is 26.2 Å². The van der Waals surface area contributed by atoms with Gasteiger partial charge in [0.2, 0.25) is 0 Å². The zero-order chi connectivity index (χ0) is 10.5. The van der Waals surface area contributed by atoms with E-state index in [1.165, 1.54) is 0 Å². The molecule has 0 aliphatic rings. The van der Waals surface area contributed by atoms with E-state index in [1.807, 2.05) is 60.7 Å². The van der Waals surface area contributed by atoms with Crippen molar-refractivity contribution in [1.82, 2.24) is 0 Å². The molecule has 0 N–H and O–H groups in total. The quantitative estimate of drug-likeness (QED) is 0.637. The van der Waals surface area contributed by atoms with Gasteiger partial charge in [0.15, 0.2) is 0 Å². The number of rotatable bonds is 0. The summed E-state index contributed by atoms with van der Waals surface area (Å²) < 4.78 is 0. The molecule has 15 heavy (non-hydrogen) atoms. The monoisotopic (exact) mass is 274 g/mol. The molecule has 0 saturated carbocycles. The summed E-state index contributed by atoms with van der Waals surface area (Å²) in [6, 6.07) is 20.0. The smallest absolute Gasteiger partial charge is 0.382 e. The van der Waals surface area contributed by atoms with Crippen LogP contribution < -0.4 is 0 Å². The zero-order valence-corrected chi connectivity index (χ0v) is 11.3. The van der Waals surface area contributed by atoms with Crippen LogP contribution in [0.3, 0.4) is 0 Å². The van der Waals surface area contributed by atoms with Crippen LogP contribution in [-0.2, 0) is 26.2 Å². The first-order valence-electron chi connectivity index (χ1n) is 4.48. The Balaban J connectivity index is 0. The first-order chi connectivity index (χ1) is 6.91. The van der Waals surface area contributed by atoms with Gasteiger partial charge in [-0.05, 0) is 0 Å². The summed E-state index contributed by atoms with van der Waals surface area (Å²) in [5.41, 5.74) is 0. The fourth-order valence-electron chi connectivity index (χ4n) is 0.642. The molecule has 0 aliphatic heterocycles. The molecule has 76 valence electrons. The molecular weight excluding hydrogens is 259 g/mol. The number of allylic oxidation sites excluding steroid dienone is 2. The van der Waals surface area contributed by atoms with Crippen molar-refractivity contribution in [3.63, 3.8) is 0 Å². The van der Waals surface area contributed by atoms with Gasteiger partial charge in [0, 0.05) is 0 Å². The Morgan fingerprint density at radius 3 is 1.00 bits per heavy atom. The molecule has 2 aromatic carbocycles. The van der Waals surface area contributed by atoms with Crippen molar-refractivity contribution in [2.24, 2.45) is 0 Å². The van der Waals surface area contributed by atoms with Crippen molar-refractivity contribution in [2.75, 3.05) is 0 Å². The molecular formula is C14H16Zr. The van der Waals surface area contributed by atoms with Crippen LogP contribution in [0.1, 0.15) is 0 Å². The molecule has 0 saturated heterocycles. The predicted octanol–water partition coefficient (Wildman–Crippen LogP) is 4.02. The minimum atomic E-state index is 0. The molecule has 0 nitrogen and oxygen atoms in total. The van der Waals surface area contributed by atoms with Gasteiger partial charge in [0.1, 0.15) is 0 Å². The van der Waals surface area contributed by atoms with Crippen LogP contribution in [0.15, 0.2) is 72.8 Å². The van der Waals surface area contributed by atoms with Gasteiger partial charge in [-0.1, -0.05) is 0 Å². The number of hydrogen-bond donors (Lipinski definition) is 0. The zero-order valence-electron chi connectivity index (χ0n) is 8.84. The Hall–Kier alpha value is -0.937. The van der Waals surface area contributed by atoms with E-state index in [2.05, 4.69) is 13.8 Å². The van der Waals surface area contributed by atoms with E-state index in [4.69, 9.17) is 0 Å². The molecule has 1 heteroatoms. The van der Waals surface area contributed by atoms with E-state index in [9.17, 15) is 0 Å². The summed E-state index contributed by atoms with van der Waals surface area (Å²) in [5, 5.41) is 0. The number of hydrogen-bond acceptors (Lipinski definition) is 0. The molecule has 0 aliphatic carbocycles. The first-order valence-corrected chi connectivity index (χ1v) is 4.48. The molecule has 0 bridgehead atoms. The van der Waals surface area contributed by atoms with Crippen molar-refractivity contribution in [2.45, 2.75) is 0 Å². The maximum atomic E-state index is 3.36. The second kappa shape index (κ2) is 15.5. The van der Waals surface area contributed by atoms with Crippen LogP contribution in [0.5, 0.6) is 0 Å². The Bertz CT molecular complexity index is 199. The average Bonchev–Trinajstić information content (AvgIpc) is 2.94.